The van der Waals surface area contributed by atoms with E-state index in [1.807, 2.05) is 0 Å². The lowest BCUT2D eigenvalue weighted by atomic mass is 10.2. The van der Waals surface area contributed by atoms with E-state index in [9.17, 15) is 18.5 Å². The number of sulfonamides is 1. The third kappa shape index (κ3) is 3.35. The van der Waals surface area contributed by atoms with Gasteiger partial charge in [-0.05, 0) is 18.6 Å². The molecule has 1 aromatic carbocycles. The summed E-state index contributed by atoms with van der Waals surface area (Å²) in [6, 6.07) is 2.24. The van der Waals surface area contributed by atoms with Crippen LogP contribution in [0.15, 0.2) is 28.6 Å². The Kier molecular flexibility index (Phi) is 4.21. The maximum absolute atomic E-state index is 12.2. The van der Waals surface area contributed by atoms with Gasteiger partial charge in [0.15, 0.2) is 0 Å². The second-order valence-electron chi connectivity index (χ2n) is 4.18. The topological polar surface area (TPSA) is 128 Å². The molecule has 0 saturated carbocycles. The van der Waals surface area contributed by atoms with Gasteiger partial charge >= 0.3 is 0 Å². The molecule has 10 heteroatoms. The molecule has 0 aliphatic heterocycles. The monoisotopic (exact) mass is 328 g/mol. The summed E-state index contributed by atoms with van der Waals surface area (Å²) in [5, 5.41) is 13.2. The molecular weight excluding hydrogens is 316 g/mol. The molecule has 3 N–H and O–H groups in total. The van der Waals surface area contributed by atoms with Crippen LogP contribution in [0.25, 0.3) is 0 Å². The number of anilines is 1. The molecule has 0 amide bonds. The highest BCUT2D eigenvalue weighted by molar-refractivity contribution is 7.89. The maximum atomic E-state index is 12.2. The molecule has 112 valence electrons. The fourth-order valence-corrected chi connectivity index (χ4v) is 3.60. The normalized spacial score (nSPS) is 11.5. The van der Waals surface area contributed by atoms with E-state index < -0.39 is 20.6 Å². The number of nitrogen functional groups attached to an aromatic ring is 1. The van der Waals surface area contributed by atoms with Gasteiger partial charge in [0, 0.05) is 17.6 Å². The van der Waals surface area contributed by atoms with E-state index in [0.717, 1.165) is 6.07 Å². The number of aryl methyl sites for hydroxylation is 1. The van der Waals surface area contributed by atoms with Crippen LogP contribution < -0.4 is 10.5 Å². The molecule has 0 aliphatic carbocycles. The maximum Gasteiger partial charge on any atom is 0.293 e. The van der Waals surface area contributed by atoms with Crippen LogP contribution in [0.1, 0.15) is 10.6 Å². The Morgan fingerprint density at radius 1 is 1.48 bits per heavy atom. The Bertz CT molecular complexity index is 772. The minimum absolute atomic E-state index is 0.0254. The first-order valence-corrected chi connectivity index (χ1v) is 8.10. The van der Waals surface area contributed by atoms with Crippen LogP contribution in [-0.2, 0) is 16.6 Å². The molecule has 1 heterocycles. The first kappa shape index (κ1) is 15.4. The average molecular weight is 328 g/mol. The molecule has 0 spiro atoms. The molecule has 0 fully saturated rings. The highest BCUT2D eigenvalue weighted by Gasteiger charge is 2.23. The predicted octanol–water partition coefficient (Wildman–Crippen LogP) is 1.42. The van der Waals surface area contributed by atoms with Crippen molar-refractivity contribution < 1.29 is 13.3 Å². The van der Waals surface area contributed by atoms with Gasteiger partial charge in [0.2, 0.25) is 10.0 Å². The number of thiazole rings is 1. The van der Waals surface area contributed by atoms with Crippen LogP contribution >= 0.6 is 11.3 Å². The van der Waals surface area contributed by atoms with Gasteiger partial charge in [-0.3, -0.25) is 10.1 Å². The van der Waals surface area contributed by atoms with E-state index in [4.69, 9.17) is 5.73 Å². The molecule has 0 radical (unpaired) electrons. The smallest absolute Gasteiger partial charge is 0.293 e. The van der Waals surface area contributed by atoms with Crippen LogP contribution in [0.3, 0.4) is 0 Å². The van der Waals surface area contributed by atoms with Crippen molar-refractivity contribution in [1.29, 1.82) is 0 Å². The SMILES string of the molecule is Cc1cc(N)c([N+](=O)[O-])cc1S(=O)(=O)NCc1nccs1. The van der Waals surface area contributed by atoms with Crippen molar-refractivity contribution in [2.45, 2.75) is 18.4 Å². The van der Waals surface area contributed by atoms with Crippen molar-refractivity contribution in [1.82, 2.24) is 9.71 Å². The molecule has 21 heavy (non-hydrogen) atoms. The summed E-state index contributed by atoms with van der Waals surface area (Å²) in [7, 11) is -3.88. The molecule has 0 saturated heterocycles. The van der Waals surface area contributed by atoms with Crippen molar-refractivity contribution in [2.75, 3.05) is 5.73 Å². The van der Waals surface area contributed by atoms with Gasteiger partial charge in [0.25, 0.3) is 5.69 Å². The molecule has 2 rings (SSSR count). The second kappa shape index (κ2) is 5.76. The molecule has 1 aromatic heterocycles. The van der Waals surface area contributed by atoms with Gasteiger partial charge < -0.3 is 5.73 Å². The van der Waals surface area contributed by atoms with Crippen molar-refractivity contribution in [3.05, 3.63) is 44.4 Å². The number of nitro groups is 1. The summed E-state index contributed by atoms with van der Waals surface area (Å²) in [5.41, 5.74) is 5.35. The van der Waals surface area contributed by atoms with Gasteiger partial charge in [-0.25, -0.2) is 18.1 Å². The molecule has 2 aromatic rings. The number of nitro benzene ring substituents is 1. The number of benzene rings is 1. The van der Waals surface area contributed by atoms with E-state index in [2.05, 4.69) is 9.71 Å². The Hall–Kier alpha value is -2.04. The number of rotatable bonds is 5. The zero-order chi connectivity index (χ0) is 15.6. The summed E-state index contributed by atoms with van der Waals surface area (Å²) in [4.78, 5) is 13.9. The quantitative estimate of drug-likeness (QED) is 0.485. The van der Waals surface area contributed by atoms with Crippen molar-refractivity contribution >= 4 is 32.7 Å². The van der Waals surface area contributed by atoms with Crippen LogP contribution in [0.4, 0.5) is 11.4 Å². The number of nitrogens with one attached hydrogen (secondary N) is 1. The first-order chi connectivity index (χ1) is 9.81. The first-order valence-electron chi connectivity index (χ1n) is 5.74. The van der Waals surface area contributed by atoms with E-state index in [0.29, 0.717) is 10.6 Å². The fourth-order valence-electron chi connectivity index (χ4n) is 1.72. The lowest BCUT2D eigenvalue weighted by Gasteiger charge is -2.09. The molecular formula is C11H12N4O4S2. The predicted molar refractivity (Wildman–Crippen MR) is 78.4 cm³/mol. The van der Waals surface area contributed by atoms with Gasteiger partial charge in [0.1, 0.15) is 10.7 Å². The lowest BCUT2D eigenvalue weighted by molar-refractivity contribution is -0.384. The minimum atomic E-state index is -3.88. The molecule has 0 aliphatic rings. The number of hydrogen-bond donors (Lipinski definition) is 2. The fraction of sp³-hybridized carbons (Fsp3) is 0.182. The summed E-state index contributed by atoms with van der Waals surface area (Å²) >= 11 is 1.31. The minimum Gasteiger partial charge on any atom is -0.393 e. The highest BCUT2D eigenvalue weighted by Crippen LogP contribution is 2.28. The Labute approximate surface area is 124 Å². The van der Waals surface area contributed by atoms with Gasteiger partial charge in [-0.2, -0.15) is 0 Å². The van der Waals surface area contributed by atoms with Crippen LogP contribution in [0.5, 0.6) is 0 Å². The van der Waals surface area contributed by atoms with E-state index >= 15 is 0 Å². The summed E-state index contributed by atoms with van der Waals surface area (Å²) in [6.45, 7) is 1.55. The second-order valence-corrected chi connectivity index (χ2v) is 6.90. The Morgan fingerprint density at radius 3 is 2.76 bits per heavy atom. The van der Waals surface area contributed by atoms with Crippen LogP contribution in [-0.4, -0.2) is 18.3 Å². The summed E-state index contributed by atoms with van der Waals surface area (Å²) in [5.74, 6) is 0. The van der Waals surface area contributed by atoms with Gasteiger partial charge in [-0.15, -0.1) is 11.3 Å². The Balaban J connectivity index is 2.35. The van der Waals surface area contributed by atoms with E-state index in [1.54, 1.807) is 11.6 Å². The van der Waals surface area contributed by atoms with E-state index in [1.165, 1.54) is 24.3 Å². The number of aromatic nitrogens is 1. The van der Waals surface area contributed by atoms with Crippen molar-refractivity contribution in [3.8, 4) is 0 Å². The van der Waals surface area contributed by atoms with Crippen LogP contribution in [0.2, 0.25) is 0 Å². The van der Waals surface area contributed by atoms with Crippen molar-refractivity contribution in [2.24, 2.45) is 0 Å². The average Bonchev–Trinajstić information content (AvgIpc) is 2.88. The van der Waals surface area contributed by atoms with Gasteiger partial charge in [-0.1, -0.05) is 0 Å². The third-order valence-electron chi connectivity index (χ3n) is 2.71. The molecule has 0 unspecified atom stereocenters. The Morgan fingerprint density at radius 2 is 2.19 bits per heavy atom. The standard InChI is InChI=1S/C11H12N4O4S2/c1-7-4-8(12)9(15(16)17)5-10(7)21(18,19)14-6-11-13-2-3-20-11/h2-5,14H,6,12H2,1H3. The van der Waals surface area contributed by atoms with E-state index in [-0.39, 0.29) is 17.1 Å². The van der Waals surface area contributed by atoms with Crippen molar-refractivity contribution in [3.63, 3.8) is 0 Å². The number of nitrogens with zero attached hydrogens (tertiary/aromatic N) is 2. The largest absolute Gasteiger partial charge is 0.393 e. The number of hydrogen-bond acceptors (Lipinski definition) is 7. The molecule has 0 atom stereocenters. The lowest BCUT2D eigenvalue weighted by Crippen LogP contribution is -2.24. The summed E-state index contributed by atoms with van der Waals surface area (Å²) < 4.78 is 26.8. The summed E-state index contributed by atoms with van der Waals surface area (Å²) in [6.07, 6.45) is 1.56. The zero-order valence-corrected chi connectivity index (χ0v) is 12.6. The van der Waals surface area contributed by atoms with Gasteiger partial charge in [0.05, 0.1) is 16.4 Å². The number of nitrogens with two attached hydrogens (primary N) is 1. The molecule has 0 bridgehead atoms. The molecule has 8 nitrogen and oxygen atoms in total. The van der Waals surface area contributed by atoms with Crippen LogP contribution in [0, 0.1) is 17.0 Å². The zero-order valence-electron chi connectivity index (χ0n) is 10.9. The third-order valence-corrected chi connectivity index (χ3v) is 5.03. The highest BCUT2D eigenvalue weighted by atomic mass is 32.2.